The van der Waals surface area contributed by atoms with E-state index in [9.17, 15) is 48.2 Å². The summed E-state index contributed by atoms with van der Waals surface area (Å²) < 4.78 is 79.3. The fraction of sp³-hybridized carbons (Fsp3) is 0.955. The van der Waals surface area contributed by atoms with Crippen LogP contribution >= 0.6 is 15.6 Å². The number of aliphatic hydroxyl groups excluding tert-OH is 1. The molecule has 2 saturated heterocycles. The molecule has 0 radical (unpaired) electrons. The maximum Gasteiger partial charge on any atom is 0.472 e. The lowest BCUT2D eigenvalue weighted by atomic mass is 9.95. The van der Waals surface area contributed by atoms with Gasteiger partial charge < -0.3 is 68.5 Å². The number of phosphoric ester groups is 2. The highest BCUT2D eigenvalue weighted by Crippen LogP contribution is 2.44. The molecule has 0 aromatic carbocycles. The Hall–Kier alpha value is -1.49. The van der Waals surface area contributed by atoms with Crippen LogP contribution in [0.15, 0.2) is 0 Å². The Morgan fingerprint density at radius 3 is 1.33 bits per heavy atom. The molecule has 21 nitrogen and oxygen atoms in total. The first-order valence-electron chi connectivity index (χ1n) is 35.3. The van der Waals surface area contributed by atoms with Crippen molar-refractivity contribution < 1.29 is 90.4 Å². The predicted molar refractivity (Wildman–Crippen MR) is 347 cm³/mol. The first-order valence-corrected chi connectivity index (χ1v) is 38.4. The third-order valence-corrected chi connectivity index (χ3v) is 18.2. The van der Waals surface area contributed by atoms with Crippen LogP contribution < -0.4 is 10.6 Å². The first kappa shape index (κ1) is 83.6. The van der Waals surface area contributed by atoms with Crippen molar-refractivity contribution in [2.24, 2.45) is 0 Å². The van der Waals surface area contributed by atoms with Gasteiger partial charge in [-0.05, 0) is 32.1 Å². The second-order valence-corrected chi connectivity index (χ2v) is 27.6. The largest absolute Gasteiger partial charge is 0.472 e. The van der Waals surface area contributed by atoms with E-state index in [2.05, 4.69) is 38.3 Å². The topological polar surface area (TPSA) is 294 Å². The highest BCUT2D eigenvalue weighted by molar-refractivity contribution is 7.46. The third-order valence-electron chi connectivity index (χ3n) is 17.2. The molecule has 0 saturated carbocycles. The molecule has 0 bridgehead atoms. The van der Waals surface area contributed by atoms with Gasteiger partial charge in [0.05, 0.1) is 25.7 Å². The molecule has 0 aromatic heterocycles. The molecule has 0 aromatic rings. The Morgan fingerprint density at radius 2 is 0.854 bits per heavy atom. The lowest BCUT2D eigenvalue weighted by molar-refractivity contribution is -0.301. The summed E-state index contributed by atoms with van der Waals surface area (Å²) in [5, 5.41) is 17.9. The van der Waals surface area contributed by atoms with Crippen LogP contribution in [0.5, 0.6) is 0 Å². The maximum absolute atomic E-state index is 14.1. The summed E-state index contributed by atoms with van der Waals surface area (Å²) in [6.45, 7) is 7.94. The zero-order valence-electron chi connectivity index (χ0n) is 56.2. The summed E-state index contributed by atoms with van der Waals surface area (Å²) in [6, 6.07) is -2.83. The molecule has 2 rings (SSSR count). The van der Waals surface area contributed by atoms with Gasteiger partial charge >= 0.3 is 15.6 Å². The summed E-state index contributed by atoms with van der Waals surface area (Å²) in [7, 11) is -7.68. The van der Waals surface area contributed by atoms with Gasteiger partial charge in [-0.25, -0.2) is 9.13 Å². The van der Waals surface area contributed by atoms with Crippen molar-refractivity contribution in [2.45, 2.75) is 365 Å². The molecule has 89 heavy (non-hydrogen) atoms. The number of Topliss-reactive ketones (excluding diaryl/α,β-unsaturated/α-hetero) is 1. The number of rotatable bonds is 60. The molecule has 526 valence electrons. The summed E-state index contributed by atoms with van der Waals surface area (Å²) >= 11 is 0. The standard InChI is InChI=1S/C66H128N2O19P2/c1-7-11-15-19-22-25-26-27-28-29-30-32-34-38-42-46-57(70)67-60-64(82-49-47-54(80-6)45-41-36-18-14-10-4)62(86-88(73,74)75)56(51-79-5)85-65(60)83-52-55-61(72)63(81-48-43-39-35-24-21-17-13-9-3)59(66(84-55)87-89(76,77)78)68-58(71)50-53(69)44-40-37-33-31-23-20-16-12-8-2/h54-56,59-66,72H,7-52H2,1-6H3,(H,67,70)(H,68,71)(H2,73,74,75)(H2,76,77,78)/t54-,55-,56-,59-,60-,61-,62-,63-,64-,65-,66-/m1/s1. The number of phosphoric acid groups is 2. The van der Waals surface area contributed by atoms with E-state index < -0.39 is 102 Å². The van der Waals surface area contributed by atoms with Crippen LogP contribution in [-0.2, 0) is 65.7 Å². The van der Waals surface area contributed by atoms with Crippen molar-refractivity contribution in [1.82, 2.24) is 10.6 Å². The lowest BCUT2D eigenvalue weighted by Gasteiger charge is -2.47. The van der Waals surface area contributed by atoms with Crippen molar-refractivity contribution in [1.29, 1.82) is 0 Å². The zero-order chi connectivity index (χ0) is 65.4. The van der Waals surface area contributed by atoms with Crippen LogP contribution in [0.1, 0.15) is 297 Å². The van der Waals surface area contributed by atoms with E-state index in [4.69, 9.17) is 42.2 Å². The van der Waals surface area contributed by atoms with Crippen LogP contribution in [0.4, 0.5) is 0 Å². The number of carbonyl (C=O) groups excluding carboxylic acids is 3. The average Bonchev–Trinajstić information content (AvgIpc) is 0.966. The van der Waals surface area contributed by atoms with Gasteiger partial charge in [0.25, 0.3) is 0 Å². The highest BCUT2D eigenvalue weighted by Gasteiger charge is 2.53. The third kappa shape index (κ3) is 41.2. The van der Waals surface area contributed by atoms with Crippen molar-refractivity contribution in [3.63, 3.8) is 0 Å². The van der Waals surface area contributed by atoms with Crippen LogP contribution in [0.25, 0.3) is 0 Å². The highest BCUT2D eigenvalue weighted by atomic mass is 31.2. The minimum Gasteiger partial charge on any atom is -0.388 e. The molecular weight excluding hydrogens is 1190 g/mol. The normalized spacial score (nSPS) is 22.8. The van der Waals surface area contributed by atoms with Crippen LogP contribution in [0.3, 0.4) is 0 Å². The van der Waals surface area contributed by atoms with Gasteiger partial charge in [0, 0.05) is 40.3 Å². The summed E-state index contributed by atoms with van der Waals surface area (Å²) in [4.78, 5) is 82.2. The molecule has 2 fully saturated rings. The fourth-order valence-corrected chi connectivity index (χ4v) is 13.0. The number of hydrogen-bond acceptors (Lipinski definition) is 15. The Morgan fingerprint density at radius 1 is 0.438 bits per heavy atom. The molecule has 0 aliphatic carbocycles. The average molecular weight is 1320 g/mol. The second-order valence-electron chi connectivity index (χ2n) is 25.2. The predicted octanol–water partition coefficient (Wildman–Crippen LogP) is 13.8. The van der Waals surface area contributed by atoms with Gasteiger partial charge in [-0.1, -0.05) is 246 Å². The SMILES string of the molecule is CCCCCCCCCCCCCCCCCC(=O)N[C@H]1[C@H](OC[C@H]2O[C@H](OP(=O)(O)O)[C@H](NC(=O)CC(=O)CCCCCCCCCCC)[C@@H](OCCCCCCCCCC)[C@@H]2O)O[C@H](COC)[C@@H](OP(=O)(O)O)[C@@H]1OCC[C@@H](CCCCCCC)OC. The Bertz CT molecular complexity index is 1850. The van der Waals surface area contributed by atoms with E-state index in [1.54, 1.807) is 7.11 Å². The van der Waals surface area contributed by atoms with Gasteiger partial charge in [-0.2, -0.15) is 0 Å². The van der Waals surface area contributed by atoms with Crippen molar-refractivity contribution in [3.05, 3.63) is 0 Å². The number of ether oxygens (including phenoxy) is 7. The molecule has 0 unspecified atom stereocenters. The van der Waals surface area contributed by atoms with Crippen molar-refractivity contribution in [3.8, 4) is 0 Å². The molecule has 7 N–H and O–H groups in total. The van der Waals surface area contributed by atoms with Gasteiger partial charge in [-0.15, -0.1) is 0 Å². The van der Waals surface area contributed by atoms with Crippen LogP contribution in [0.2, 0.25) is 0 Å². The number of hydrogen-bond donors (Lipinski definition) is 7. The van der Waals surface area contributed by atoms with Gasteiger partial charge in [0.15, 0.2) is 12.6 Å². The second kappa shape index (κ2) is 52.7. The number of carbonyl (C=O) groups is 3. The molecule has 2 aliphatic rings. The molecule has 2 amide bonds. The van der Waals surface area contributed by atoms with Crippen LogP contribution in [0, 0.1) is 0 Å². The quantitative estimate of drug-likeness (QED) is 0.0169. The van der Waals surface area contributed by atoms with E-state index in [1.807, 2.05) is 0 Å². The van der Waals surface area contributed by atoms with Crippen molar-refractivity contribution in [2.75, 3.05) is 40.6 Å². The first-order chi connectivity index (χ1) is 42.9. The van der Waals surface area contributed by atoms with E-state index >= 15 is 0 Å². The summed E-state index contributed by atoms with van der Waals surface area (Å²) in [6.07, 6.45) is 28.4. The lowest BCUT2D eigenvalue weighted by Crippen LogP contribution is -2.67. The number of unbranched alkanes of at least 4 members (excludes halogenated alkanes) is 33. The monoisotopic (exact) mass is 1310 g/mol. The smallest absolute Gasteiger partial charge is 0.388 e. The fourth-order valence-electron chi connectivity index (χ4n) is 12.0. The number of methoxy groups -OCH3 is 2. The molecule has 2 aliphatic heterocycles. The van der Waals surface area contributed by atoms with E-state index in [-0.39, 0.29) is 44.5 Å². The molecule has 2 heterocycles. The van der Waals surface area contributed by atoms with E-state index in [0.29, 0.717) is 25.7 Å². The molecular formula is C66H128N2O19P2. The Balaban J connectivity index is 2.44. The van der Waals surface area contributed by atoms with Gasteiger partial charge in [0.1, 0.15) is 54.5 Å². The number of nitrogens with one attached hydrogen (secondary N) is 2. The van der Waals surface area contributed by atoms with Crippen molar-refractivity contribution >= 4 is 33.2 Å². The molecule has 11 atom stereocenters. The number of aliphatic hydroxyl groups is 1. The molecule has 23 heteroatoms. The Kier molecular flexibility index (Phi) is 49.5. The minimum absolute atomic E-state index is 0.0126. The summed E-state index contributed by atoms with van der Waals surface area (Å²) in [5.74, 6) is -1.51. The van der Waals surface area contributed by atoms with E-state index in [0.717, 1.165) is 135 Å². The maximum atomic E-state index is 14.1. The van der Waals surface area contributed by atoms with E-state index in [1.165, 1.54) is 97.0 Å². The number of amides is 2. The molecule has 0 spiro atoms. The summed E-state index contributed by atoms with van der Waals surface area (Å²) in [5.41, 5.74) is 0. The van der Waals surface area contributed by atoms with Crippen LogP contribution in [-0.4, -0.2) is 150 Å². The number of ketones is 1. The van der Waals surface area contributed by atoms with Gasteiger partial charge in [0.2, 0.25) is 11.8 Å². The Labute approximate surface area is 537 Å². The van der Waals surface area contributed by atoms with Gasteiger partial charge in [-0.3, -0.25) is 23.4 Å². The minimum atomic E-state index is -5.39. The zero-order valence-corrected chi connectivity index (χ0v) is 58.0.